The first-order valence-electron chi connectivity index (χ1n) is 7.05. The summed E-state index contributed by atoms with van der Waals surface area (Å²) in [6, 6.07) is 5.79. The van der Waals surface area contributed by atoms with Crippen LogP contribution in [0.1, 0.15) is 43.7 Å². The van der Waals surface area contributed by atoms with Crippen LogP contribution in [0.5, 0.6) is 0 Å². The number of rotatable bonds is 7. The van der Waals surface area contributed by atoms with Crippen molar-refractivity contribution in [3.05, 3.63) is 29.3 Å². The van der Waals surface area contributed by atoms with Crippen molar-refractivity contribution < 1.29 is 14.7 Å². The lowest BCUT2D eigenvalue weighted by Gasteiger charge is -2.23. The Morgan fingerprint density at radius 2 is 1.85 bits per heavy atom. The number of aliphatic carboxylic acids is 1. The van der Waals surface area contributed by atoms with Crippen LogP contribution in [0.15, 0.2) is 18.2 Å². The van der Waals surface area contributed by atoms with Gasteiger partial charge in [-0.25, -0.2) is 0 Å². The van der Waals surface area contributed by atoms with Crippen LogP contribution in [0.3, 0.4) is 0 Å². The Morgan fingerprint density at radius 3 is 2.40 bits per heavy atom. The van der Waals surface area contributed by atoms with E-state index < -0.39 is 5.97 Å². The van der Waals surface area contributed by atoms with Crippen LogP contribution in [-0.2, 0) is 9.59 Å². The van der Waals surface area contributed by atoms with E-state index in [1.54, 1.807) is 4.90 Å². The Morgan fingerprint density at radius 1 is 1.15 bits per heavy atom. The fourth-order valence-electron chi connectivity index (χ4n) is 1.96. The number of nitrogens with zero attached hydrogens (tertiary/aromatic N) is 1. The lowest BCUT2D eigenvalue weighted by molar-refractivity contribution is -0.136. The summed E-state index contributed by atoms with van der Waals surface area (Å²) < 4.78 is 0. The van der Waals surface area contributed by atoms with Crippen LogP contribution in [-0.4, -0.2) is 23.5 Å². The molecule has 0 saturated heterocycles. The molecular formula is C16H23NO3. The normalized spacial score (nSPS) is 10.3. The Labute approximate surface area is 120 Å². The zero-order valence-corrected chi connectivity index (χ0v) is 12.5. The van der Waals surface area contributed by atoms with E-state index >= 15 is 0 Å². The van der Waals surface area contributed by atoms with Gasteiger partial charge < -0.3 is 10.0 Å². The van der Waals surface area contributed by atoms with Crippen LogP contribution in [0.25, 0.3) is 0 Å². The summed E-state index contributed by atoms with van der Waals surface area (Å²) >= 11 is 0. The number of hydrogen-bond acceptors (Lipinski definition) is 2. The van der Waals surface area contributed by atoms with Gasteiger partial charge in [-0.1, -0.05) is 19.4 Å². The minimum absolute atomic E-state index is 0.00338. The minimum Gasteiger partial charge on any atom is -0.481 e. The number of carboxylic acid groups (broad SMARTS) is 1. The van der Waals surface area contributed by atoms with Crippen molar-refractivity contribution in [3.8, 4) is 0 Å². The van der Waals surface area contributed by atoms with Crippen LogP contribution in [0, 0.1) is 13.8 Å². The summed E-state index contributed by atoms with van der Waals surface area (Å²) in [6.45, 7) is 6.26. The molecule has 1 amide bonds. The molecule has 1 aromatic carbocycles. The second-order valence-electron chi connectivity index (χ2n) is 5.06. The Kier molecular flexibility index (Phi) is 6.22. The summed E-state index contributed by atoms with van der Waals surface area (Å²) in [5.41, 5.74) is 3.05. The van der Waals surface area contributed by atoms with Gasteiger partial charge in [-0.3, -0.25) is 9.59 Å². The molecule has 0 unspecified atom stereocenters. The molecule has 0 bridgehead atoms. The third-order valence-corrected chi connectivity index (χ3v) is 3.40. The SMILES string of the molecule is CCCCC(=O)N(CCC(=O)O)c1ccc(C)c(C)c1. The largest absolute Gasteiger partial charge is 0.481 e. The van der Waals surface area contributed by atoms with Crippen molar-refractivity contribution in [1.29, 1.82) is 0 Å². The molecule has 0 fully saturated rings. The van der Waals surface area contributed by atoms with E-state index in [-0.39, 0.29) is 18.9 Å². The van der Waals surface area contributed by atoms with Gasteiger partial charge in [0.2, 0.25) is 5.91 Å². The first-order valence-corrected chi connectivity index (χ1v) is 7.05. The first kappa shape index (κ1) is 16.2. The topological polar surface area (TPSA) is 57.6 Å². The predicted octanol–water partition coefficient (Wildman–Crippen LogP) is 3.30. The summed E-state index contributed by atoms with van der Waals surface area (Å²) in [5, 5.41) is 8.83. The van der Waals surface area contributed by atoms with Gasteiger partial charge in [-0.2, -0.15) is 0 Å². The molecule has 0 radical (unpaired) electrons. The molecule has 0 aliphatic heterocycles. The number of aryl methyl sites for hydroxylation is 2. The van der Waals surface area contributed by atoms with Crippen molar-refractivity contribution in [2.24, 2.45) is 0 Å². The number of anilines is 1. The molecule has 20 heavy (non-hydrogen) atoms. The molecule has 0 atom stereocenters. The molecule has 1 N–H and O–H groups in total. The molecule has 0 heterocycles. The molecule has 4 heteroatoms. The van der Waals surface area contributed by atoms with Crippen molar-refractivity contribution in [2.45, 2.75) is 46.5 Å². The van der Waals surface area contributed by atoms with Gasteiger partial charge >= 0.3 is 5.97 Å². The first-order chi connectivity index (χ1) is 9.45. The zero-order chi connectivity index (χ0) is 15.1. The van der Waals surface area contributed by atoms with Gasteiger partial charge in [-0.15, -0.1) is 0 Å². The molecule has 0 aromatic heterocycles. The average molecular weight is 277 g/mol. The number of carboxylic acids is 1. The quantitative estimate of drug-likeness (QED) is 0.832. The van der Waals surface area contributed by atoms with E-state index in [0.29, 0.717) is 6.42 Å². The van der Waals surface area contributed by atoms with Crippen LogP contribution < -0.4 is 4.90 Å². The van der Waals surface area contributed by atoms with Gasteiger partial charge in [0.05, 0.1) is 6.42 Å². The highest BCUT2D eigenvalue weighted by Gasteiger charge is 2.16. The Bertz CT molecular complexity index is 483. The number of hydrogen-bond donors (Lipinski definition) is 1. The van der Waals surface area contributed by atoms with Crippen LogP contribution >= 0.6 is 0 Å². The van der Waals surface area contributed by atoms with Crippen molar-refractivity contribution in [3.63, 3.8) is 0 Å². The highest BCUT2D eigenvalue weighted by atomic mass is 16.4. The van der Waals surface area contributed by atoms with E-state index in [2.05, 4.69) is 0 Å². The van der Waals surface area contributed by atoms with Crippen molar-refractivity contribution in [2.75, 3.05) is 11.4 Å². The van der Waals surface area contributed by atoms with Gasteiger partial charge in [0.25, 0.3) is 0 Å². The maximum absolute atomic E-state index is 12.2. The molecule has 1 aromatic rings. The standard InChI is InChI=1S/C16H23NO3/c1-4-5-6-15(18)17(10-9-16(19)20)14-8-7-12(2)13(3)11-14/h7-8,11H,4-6,9-10H2,1-3H3,(H,19,20). The average Bonchev–Trinajstić information content (AvgIpc) is 2.40. The second kappa shape index (κ2) is 7.68. The zero-order valence-electron chi connectivity index (χ0n) is 12.5. The third kappa shape index (κ3) is 4.68. The van der Waals surface area contributed by atoms with Gasteiger partial charge in [0.15, 0.2) is 0 Å². The molecule has 0 aliphatic carbocycles. The lowest BCUT2D eigenvalue weighted by Crippen LogP contribution is -2.32. The number of benzene rings is 1. The van der Waals surface area contributed by atoms with Crippen molar-refractivity contribution in [1.82, 2.24) is 0 Å². The molecule has 0 aliphatic rings. The molecule has 0 saturated carbocycles. The van der Waals surface area contributed by atoms with Gasteiger partial charge in [0, 0.05) is 18.7 Å². The fraction of sp³-hybridized carbons (Fsp3) is 0.500. The maximum atomic E-state index is 12.2. The molecule has 4 nitrogen and oxygen atoms in total. The Hall–Kier alpha value is -1.84. The highest BCUT2D eigenvalue weighted by molar-refractivity contribution is 5.93. The molecular weight excluding hydrogens is 254 g/mol. The maximum Gasteiger partial charge on any atom is 0.305 e. The predicted molar refractivity (Wildman–Crippen MR) is 80.0 cm³/mol. The number of carbonyl (C=O) groups excluding carboxylic acids is 1. The minimum atomic E-state index is -0.887. The highest BCUT2D eigenvalue weighted by Crippen LogP contribution is 2.20. The molecule has 0 spiro atoms. The van der Waals surface area contributed by atoms with E-state index in [1.807, 2.05) is 39.0 Å². The lowest BCUT2D eigenvalue weighted by atomic mass is 10.1. The third-order valence-electron chi connectivity index (χ3n) is 3.40. The fourth-order valence-corrected chi connectivity index (χ4v) is 1.96. The summed E-state index contributed by atoms with van der Waals surface area (Å²) in [4.78, 5) is 24.6. The van der Waals surface area contributed by atoms with Gasteiger partial charge in [0.1, 0.15) is 0 Å². The summed E-state index contributed by atoms with van der Waals surface area (Å²) in [7, 11) is 0. The number of unbranched alkanes of at least 4 members (excludes halogenated alkanes) is 1. The summed E-state index contributed by atoms with van der Waals surface area (Å²) in [5.74, 6) is -0.890. The number of carbonyl (C=O) groups is 2. The molecule has 1 rings (SSSR count). The molecule has 110 valence electrons. The van der Waals surface area contributed by atoms with Gasteiger partial charge in [-0.05, 0) is 43.5 Å². The van der Waals surface area contributed by atoms with E-state index in [9.17, 15) is 9.59 Å². The second-order valence-corrected chi connectivity index (χ2v) is 5.06. The Balaban J connectivity index is 2.92. The number of amides is 1. The van der Waals surface area contributed by atoms with Crippen molar-refractivity contribution >= 4 is 17.6 Å². The van der Waals surface area contributed by atoms with E-state index in [1.165, 1.54) is 0 Å². The van der Waals surface area contributed by atoms with Crippen LogP contribution in [0.4, 0.5) is 5.69 Å². The van der Waals surface area contributed by atoms with E-state index in [0.717, 1.165) is 29.7 Å². The smallest absolute Gasteiger partial charge is 0.305 e. The van der Waals surface area contributed by atoms with Crippen LogP contribution in [0.2, 0.25) is 0 Å². The monoisotopic (exact) mass is 277 g/mol. The summed E-state index contributed by atoms with van der Waals surface area (Å²) in [6.07, 6.45) is 2.20. The van der Waals surface area contributed by atoms with E-state index in [4.69, 9.17) is 5.11 Å².